The molecule has 0 saturated carbocycles. The molecule has 2 atom stereocenters. The van der Waals surface area contributed by atoms with Crippen LogP contribution in [0.2, 0.25) is 0 Å². The summed E-state index contributed by atoms with van der Waals surface area (Å²) in [5, 5.41) is 5.00. The topological polar surface area (TPSA) is 47.9 Å². The lowest BCUT2D eigenvalue weighted by Gasteiger charge is -2.22. The molecule has 0 saturated heterocycles. The molecule has 2 aliphatic rings. The molecule has 0 amide bonds. The molecule has 0 spiro atoms. The first-order chi connectivity index (χ1) is 25.3. The zero-order valence-electron chi connectivity index (χ0n) is 27.6. The number of allylic oxidation sites excluding steroid dienone is 2. The number of hydrogen-bond acceptors (Lipinski definition) is 4. The van der Waals surface area contributed by atoms with Crippen LogP contribution in [0.15, 0.2) is 176 Å². The zero-order valence-corrected chi connectivity index (χ0v) is 27.6. The first-order valence-corrected chi connectivity index (χ1v) is 17.3. The molecule has 0 N–H and O–H groups in total. The Balaban J connectivity index is 1.10. The van der Waals surface area contributed by atoms with Crippen molar-refractivity contribution in [3.63, 3.8) is 0 Å². The molecule has 4 nitrogen and oxygen atoms in total. The minimum Gasteiger partial charge on any atom is -0.485 e. The van der Waals surface area contributed by atoms with Gasteiger partial charge in [-0.15, -0.1) is 0 Å². The molecular weight excluding hydrogens is 623 g/mol. The molecule has 51 heavy (non-hydrogen) atoms. The number of fused-ring (bicyclic) bond motifs is 6. The van der Waals surface area contributed by atoms with Gasteiger partial charge in [-0.3, -0.25) is 0 Å². The van der Waals surface area contributed by atoms with E-state index in [4.69, 9.17) is 19.7 Å². The Kier molecular flexibility index (Phi) is 6.91. The molecule has 7 aromatic carbocycles. The van der Waals surface area contributed by atoms with Gasteiger partial charge in [-0.05, 0) is 62.0 Å². The summed E-state index contributed by atoms with van der Waals surface area (Å²) in [6, 6.07) is 55.3. The second-order valence-electron chi connectivity index (χ2n) is 13.1. The minimum absolute atomic E-state index is 0.00923. The van der Waals surface area contributed by atoms with E-state index < -0.39 is 0 Å². The molecule has 2 heterocycles. The smallest absolute Gasteiger partial charge is 0.164 e. The van der Waals surface area contributed by atoms with E-state index in [1.54, 1.807) is 0 Å². The van der Waals surface area contributed by atoms with Gasteiger partial charge in [0.2, 0.25) is 0 Å². The monoisotopic (exact) mass is 653 g/mol. The molecule has 1 aromatic heterocycles. The Labute approximate surface area is 296 Å². The van der Waals surface area contributed by atoms with Crippen LogP contribution < -0.4 is 4.74 Å². The van der Waals surface area contributed by atoms with Crippen molar-refractivity contribution in [2.24, 2.45) is 0 Å². The van der Waals surface area contributed by atoms with Crippen LogP contribution in [0.4, 0.5) is 0 Å². The number of hydrogen-bond donors (Lipinski definition) is 0. The van der Waals surface area contributed by atoms with E-state index in [2.05, 4.69) is 152 Å². The molecule has 10 rings (SSSR count). The predicted octanol–water partition coefficient (Wildman–Crippen LogP) is 11.3. The number of aromatic nitrogens is 3. The van der Waals surface area contributed by atoms with Crippen LogP contribution in [0.5, 0.6) is 5.75 Å². The highest BCUT2D eigenvalue weighted by Gasteiger charge is 2.38. The quantitative estimate of drug-likeness (QED) is 0.173. The Morgan fingerprint density at radius 1 is 0.451 bits per heavy atom. The average Bonchev–Trinajstić information content (AvgIpc) is 3.60. The maximum absolute atomic E-state index is 6.38. The fourth-order valence-corrected chi connectivity index (χ4v) is 7.61. The third-order valence-corrected chi connectivity index (χ3v) is 10.1. The van der Waals surface area contributed by atoms with E-state index in [9.17, 15) is 0 Å². The first-order valence-electron chi connectivity index (χ1n) is 17.3. The molecule has 2 unspecified atom stereocenters. The van der Waals surface area contributed by atoms with Crippen molar-refractivity contribution in [3.05, 3.63) is 187 Å². The van der Waals surface area contributed by atoms with Gasteiger partial charge in [-0.2, -0.15) is 0 Å². The molecule has 8 aromatic rings. The second-order valence-corrected chi connectivity index (χ2v) is 13.1. The maximum Gasteiger partial charge on any atom is 0.164 e. The van der Waals surface area contributed by atoms with Gasteiger partial charge in [0.15, 0.2) is 17.5 Å². The van der Waals surface area contributed by atoms with Gasteiger partial charge in [0, 0.05) is 22.3 Å². The molecule has 240 valence electrons. The van der Waals surface area contributed by atoms with Gasteiger partial charge in [-0.1, -0.05) is 158 Å². The lowest BCUT2D eigenvalue weighted by molar-refractivity contribution is 0.271. The molecule has 0 bridgehead atoms. The third-order valence-electron chi connectivity index (χ3n) is 10.1. The fraction of sp³-hybridized carbons (Fsp3) is 0.0426. The van der Waals surface area contributed by atoms with E-state index >= 15 is 0 Å². The van der Waals surface area contributed by atoms with Crippen LogP contribution in [0.1, 0.15) is 17.3 Å². The lowest BCUT2D eigenvalue weighted by atomic mass is 9.84. The van der Waals surface area contributed by atoms with Crippen LogP contribution >= 0.6 is 0 Å². The Morgan fingerprint density at radius 3 is 1.98 bits per heavy atom. The number of nitrogens with zero attached hydrogens (tertiary/aromatic N) is 3. The van der Waals surface area contributed by atoms with Gasteiger partial charge < -0.3 is 4.74 Å². The first kappa shape index (κ1) is 29.3. The van der Waals surface area contributed by atoms with Gasteiger partial charge >= 0.3 is 0 Å². The maximum atomic E-state index is 6.38. The van der Waals surface area contributed by atoms with Crippen LogP contribution in [0, 0.1) is 0 Å². The van der Waals surface area contributed by atoms with Crippen molar-refractivity contribution in [3.8, 4) is 50.8 Å². The minimum atomic E-state index is -0.110. The van der Waals surface area contributed by atoms with E-state index in [0.717, 1.165) is 44.7 Å². The highest BCUT2D eigenvalue weighted by molar-refractivity contribution is 6.08. The van der Waals surface area contributed by atoms with E-state index in [-0.39, 0.29) is 12.0 Å². The molecule has 1 aliphatic heterocycles. The summed E-state index contributed by atoms with van der Waals surface area (Å²) >= 11 is 0. The van der Waals surface area contributed by atoms with Crippen molar-refractivity contribution in [1.29, 1.82) is 0 Å². The summed E-state index contributed by atoms with van der Waals surface area (Å²) < 4.78 is 6.38. The predicted molar refractivity (Wildman–Crippen MR) is 207 cm³/mol. The van der Waals surface area contributed by atoms with Crippen molar-refractivity contribution in [2.75, 3.05) is 0 Å². The van der Waals surface area contributed by atoms with E-state index in [0.29, 0.717) is 17.5 Å². The normalized spacial score (nSPS) is 16.0. The average molecular weight is 654 g/mol. The Morgan fingerprint density at radius 2 is 1.10 bits per heavy atom. The third kappa shape index (κ3) is 5.12. The molecular formula is C47H31N3O. The molecule has 4 heteroatoms. The SMILES string of the molecule is C1=CC2Oc3ccccc3C2C(c2nc(-c3ccc(-c4ccc5ccc6ccccc6c5c4)cc3)nc(-c3ccccc3-c3ccccc3)n2)=C1. The summed E-state index contributed by atoms with van der Waals surface area (Å²) in [6.07, 6.45) is 6.20. The number of rotatable bonds is 5. The Hall–Kier alpha value is -6.65. The van der Waals surface area contributed by atoms with Gasteiger partial charge in [-0.25, -0.2) is 15.0 Å². The largest absolute Gasteiger partial charge is 0.485 e. The lowest BCUT2D eigenvalue weighted by Crippen LogP contribution is -2.20. The van der Waals surface area contributed by atoms with Crippen molar-refractivity contribution in [1.82, 2.24) is 15.0 Å². The van der Waals surface area contributed by atoms with Crippen LogP contribution in [-0.2, 0) is 0 Å². The number of para-hydroxylation sites is 1. The molecule has 1 aliphatic carbocycles. The summed E-state index contributed by atoms with van der Waals surface area (Å²) in [7, 11) is 0. The van der Waals surface area contributed by atoms with Crippen molar-refractivity contribution in [2.45, 2.75) is 12.0 Å². The fourth-order valence-electron chi connectivity index (χ4n) is 7.61. The van der Waals surface area contributed by atoms with Crippen molar-refractivity contribution >= 4 is 27.1 Å². The summed E-state index contributed by atoms with van der Waals surface area (Å²) in [6.45, 7) is 0. The number of ether oxygens (including phenoxy) is 1. The van der Waals surface area contributed by atoms with E-state index in [1.807, 2.05) is 24.3 Å². The summed E-state index contributed by atoms with van der Waals surface area (Å²) in [4.78, 5) is 15.6. The molecule has 0 fully saturated rings. The number of benzene rings is 7. The molecule has 0 radical (unpaired) electrons. The van der Waals surface area contributed by atoms with Crippen LogP contribution in [-0.4, -0.2) is 21.1 Å². The standard InChI is InChI=1S/C47H31N3O/c1-2-11-31(12-3-1)36-14-6-7-16-38(36)46-48-45(49-47(50-46)40-18-10-20-43-44(40)39-17-8-9-19-42(39)51-43)34-26-21-30(22-27-34)35-28-25-33-24-23-32-13-4-5-15-37(32)41(33)29-35/h1-29,43-44H. The van der Waals surface area contributed by atoms with Gasteiger partial charge in [0.05, 0.1) is 5.92 Å². The van der Waals surface area contributed by atoms with Gasteiger partial charge in [0.25, 0.3) is 0 Å². The van der Waals surface area contributed by atoms with Crippen molar-refractivity contribution < 1.29 is 4.74 Å². The Bertz CT molecular complexity index is 2680. The van der Waals surface area contributed by atoms with Crippen LogP contribution in [0.3, 0.4) is 0 Å². The summed E-state index contributed by atoms with van der Waals surface area (Å²) in [5.74, 6) is 2.83. The highest BCUT2D eigenvalue weighted by Crippen LogP contribution is 2.47. The zero-order chi connectivity index (χ0) is 33.7. The van der Waals surface area contributed by atoms with Gasteiger partial charge in [0.1, 0.15) is 11.9 Å². The summed E-state index contributed by atoms with van der Waals surface area (Å²) in [5.41, 5.74) is 8.56. The van der Waals surface area contributed by atoms with E-state index in [1.165, 1.54) is 27.1 Å². The highest BCUT2D eigenvalue weighted by atomic mass is 16.5. The second kappa shape index (κ2) is 12.0. The van der Waals surface area contributed by atoms with Crippen LogP contribution in [0.25, 0.3) is 72.1 Å².